The Labute approximate surface area is 124 Å². The van der Waals surface area contributed by atoms with E-state index < -0.39 is 0 Å². The molecule has 0 atom stereocenters. The van der Waals surface area contributed by atoms with Crippen LogP contribution in [0.1, 0.15) is 39.9 Å². The zero-order valence-corrected chi connectivity index (χ0v) is 12.9. The minimum absolute atomic E-state index is 0.0300. The van der Waals surface area contributed by atoms with E-state index in [4.69, 9.17) is 0 Å². The summed E-state index contributed by atoms with van der Waals surface area (Å²) in [5.74, 6) is 0.682. The Kier molecular flexibility index (Phi) is 3.02. The van der Waals surface area contributed by atoms with Gasteiger partial charge in [-0.2, -0.15) is 0 Å². The Morgan fingerprint density at radius 3 is 2.57 bits per heavy atom. The molecule has 3 rings (SSSR count). The molecule has 0 bridgehead atoms. The van der Waals surface area contributed by atoms with Gasteiger partial charge in [-0.3, -0.25) is 4.79 Å². The van der Waals surface area contributed by atoms with Crippen molar-refractivity contribution in [1.82, 2.24) is 15.3 Å². The first-order chi connectivity index (χ1) is 9.76. The molecular formula is C17H21N3O. The quantitative estimate of drug-likeness (QED) is 0.846. The lowest BCUT2D eigenvalue weighted by Gasteiger charge is -2.41. The van der Waals surface area contributed by atoms with Crippen LogP contribution in [0.2, 0.25) is 0 Å². The number of hydrogen-bond acceptors (Lipinski definition) is 3. The van der Waals surface area contributed by atoms with Gasteiger partial charge in [0.05, 0.1) is 10.9 Å². The Balaban J connectivity index is 2.16. The van der Waals surface area contributed by atoms with Gasteiger partial charge < -0.3 is 10.3 Å². The van der Waals surface area contributed by atoms with Crippen LogP contribution in [-0.4, -0.2) is 21.0 Å². The fourth-order valence-electron chi connectivity index (χ4n) is 3.31. The number of hydrogen-bond donors (Lipinski definition) is 2. The first-order valence-electron chi connectivity index (χ1n) is 7.26. The number of H-pyrrole nitrogens is 1. The second-order valence-corrected chi connectivity index (χ2v) is 7.01. The Morgan fingerprint density at radius 2 is 1.86 bits per heavy atom. The Bertz CT molecular complexity index is 784. The topological polar surface area (TPSA) is 57.8 Å². The van der Waals surface area contributed by atoms with Gasteiger partial charge in [0.1, 0.15) is 5.82 Å². The van der Waals surface area contributed by atoms with Crippen LogP contribution in [0.3, 0.4) is 0 Å². The van der Waals surface area contributed by atoms with Crippen LogP contribution in [0.15, 0.2) is 35.1 Å². The van der Waals surface area contributed by atoms with E-state index in [1.54, 1.807) is 6.07 Å². The molecule has 2 N–H and O–H groups in total. The molecule has 0 aliphatic carbocycles. The molecule has 1 aliphatic rings. The van der Waals surface area contributed by atoms with Gasteiger partial charge in [0.25, 0.3) is 5.56 Å². The van der Waals surface area contributed by atoms with E-state index in [1.807, 2.05) is 18.2 Å². The summed E-state index contributed by atoms with van der Waals surface area (Å²) in [5, 5.41) is 4.22. The van der Waals surface area contributed by atoms with E-state index in [9.17, 15) is 4.79 Å². The SMILES string of the molecule is CC1(C)C=C(c2nc3ccccc3c(=O)[nH]2)CC(C)(C)N1. The minimum Gasteiger partial charge on any atom is -0.306 e. The zero-order valence-electron chi connectivity index (χ0n) is 12.9. The molecule has 4 nitrogen and oxygen atoms in total. The highest BCUT2D eigenvalue weighted by Gasteiger charge is 2.33. The number of nitrogens with zero attached hydrogens (tertiary/aromatic N) is 1. The van der Waals surface area contributed by atoms with Crippen LogP contribution in [0.5, 0.6) is 0 Å². The summed E-state index contributed by atoms with van der Waals surface area (Å²) in [6.45, 7) is 8.60. The fourth-order valence-corrected chi connectivity index (χ4v) is 3.31. The fraction of sp³-hybridized carbons (Fsp3) is 0.412. The number of aromatic amines is 1. The zero-order chi connectivity index (χ0) is 15.3. The minimum atomic E-state index is -0.124. The first-order valence-corrected chi connectivity index (χ1v) is 7.26. The molecule has 0 radical (unpaired) electrons. The lowest BCUT2D eigenvalue weighted by Crippen LogP contribution is -2.53. The Hall–Kier alpha value is -1.94. The summed E-state index contributed by atoms with van der Waals surface area (Å²) in [6.07, 6.45) is 2.99. The molecule has 2 aromatic rings. The third-order valence-corrected chi connectivity index (χ3v) is 3.75. The lowest BCUT2D eigenvalue weighted by atomic mass is 9.83. The predicted octanol–water partition coefficient (Wildman–Crippen LogP) is 2.86. The monoisotopic (exact) mass is 283 g/mol. The summed E-state index contributed by atoms with van der Waals surface area (Å²) in [6, 6.07) is 7.44. The van der Waals surface area contributed by atoms with Crippen molar-refractivity contribution in [2.45, 2.75) is 45.2 Å². The van der Waals surface area contributed by atoms with Gasteiger partial charge in [-0.1, -0.05) is 18.2 Å². The molecule has 0 saturated carbocycles. The van der Waals surface area contributed by atoms with Crippen LogP contribution < -0.4 is 10.9 Å². The number of fused-ring (bicyclic) bond motifs is 1. The number of nitrogens with one attached hydrogen (secondary N) is 2. The van der Waals surface area contributed by atoms with Crippen LogP contribution in [0, 0.1) is 0 Å². The van der Waals surface area contributed by atoms with Gasteiger partial charge in [0.2, 0.25) is 0 Å². The number of benzene rings is 1. The maximum absolute atomic E-state index is 12.2. The summed E-state index contributed by atoms with van der Waals surface area (Å²) in [7, 11) is 0. The maximum atomic E-state index is 12.2. The van der Waals surface area contributed by atoms with Crippen molar-refractivity contribution in [3.8, 4) is 0 Å². The van der Waals surface area contributed by atoms with Gasteiger partial charge in [0.15, 0.2) is 0 Å². The maximum Gasteiger partial charge on any atom is 0.259 e. The molecule has 1 aromatic heterocycles. The standard InChI is InChI=1S/C17H21N3O/c1-16(2)9-11(10-17(3,4)20-16)14-18-13-8-6-5-7-12(13)15(21)19-14/h5-9,20H,10H2,1-4H3,(H,18,19,21). The van der Waals surface area contributed by atoms with Gasteiger partial charge in [-0.25, -0.2) is 4.98 Å². The van der Waals surface area contributed by atoms with Gasteiger partial charge in [-0.15, -0.1) is 0 Å². The highest BCUT2D eigenvalue weighted by atomic mass is 16.1. The van der Waals surface area contributed by atoms with Crippen LogP contribution in [-0.2, 0) is 0 Å². The molecular weight excluding hydrogens is 262 g/mol. The molecule has 1 aliphatic heterocycles. The molecule has 0 unspecified atom stereocenters. The van der Waals surface area contributed by atoms with Crippen molar-refractivity contribution < 1.29 is 0 Å². The predicted molar refractivity (Wildman–Crippen MR) is 86.3 cm³/mol. The molecule has 1 aromatic carbocycles. The molecule has 21 heavy (non-hydrogen) atoms. The number of para-hydroxylation sites is 1. The normalized spacial score (nSPS) is 20.3. The molecule has 0 amide bonds. The first kappa shape index (κ1) is 14.0. The summed E-state index contributed by atoms with van der Waals surface area (Å²) in [5.41, 5.74) is 1.60. The molecule has 2 heterocycles. The van der Waals surface area contributed by atoms with Crippen molar-refractivity contribution >= 4 is 16.5 Å². The van der Waals surface area contributed by atoms with E-state index in [0.29, 0.717) is 11.2 Å². The molecule has 110 valence electrons. The van der Waals surface area contributed by atoms with Gasteiger partial charge in [-0.05, 0) is 51.8 Å². The lowest BCUT2D eigenvalue weighted by molar-refractivity contribution is 0.297. The third-order valence-electron chi connectivity index (χ3n) is 3.75. The highest BCUT2D eigenvalue weighted by molar-refractivity contribution is 5.79. The average Bonchev–Trinajstić information content (AvgIpc) is 2.35. The average molecular weight is 283 g/mol. The second-order valence-electron chi connectivity index (χ2n) is 7.01. The van der Waals surface area contributed by atoms with Crippen LogP contribution in [0.25, 0.3) is 16.5 Å². The van der Waals surface area contributed by atoms with Crippen LogP contribution >= 0.6 is 0 Å². The highest BCUT2D eigenvalue weighted by Crippen LogP contribution is 2.32. The van der Waals surface area contributed by atoms with E-state index in [0.717, 1.165) is 17.5 Å². The number of aromatic nitrogens is 2. The van der Waals surface area contributed by atoms with E-state index in [2.05, 4.69) is 49.1 Å². The van der Waals surface area contributed by atoms with Crippen LogP contribution in [0.4, 0.5) is 0 Å². The third kappa shape index (κ3) is 2.76. The van der Waals surface area contributed by atoms with Gasteiger partial charge in [0, 0.05) is 11.1 Å². The van der Waals surface area contributed by atoms with E-state index >= 15 is 0 Å². The molecule has 0 fully saturated rings. The summed E-state index contributed by atoms with van der Waals surface area (Å²) in [4.78, 5) is 19.8. The number of rotatable bonds is 1. The van der Waals surface area contributed by atoms with Gasteiger partial charge >= 0.3 is 0 Å². The molecule has 4 heteroatoms. The summed E-state index contributed by atoms with van der Waals surface area (Å²) < 4.78 is 0. The van der Waals surface area contributed by atoms with Crippen molar-refractivity contribution in [3.63, 3.8) is 0 Å². The van der Waals surface area contributed by atoms with Crippen molar-refractivity contribution in [2.24, 2.45) is 0 Å². The Morgan fingerprint density at radius 1 is 1.14 bits per heavy atom. The van der Waals surface area contributed by atoms with Crippen molar-refractivity contribution in [2.75, 3.05) is 0 Å². The molecule has 0 saturated heterocycles. The van der Waals surface area contributed by atoms with Crippen molar-refractivity contribution in [1.29, 1.82) is 0 Å². The smallest absolute Gasteiger partial charge is 0.259 e. The second kappa shape index (κ2) is 4.53. The van der Waals surface area contributed by atoms with Crippen molar-refractivity contribution in [3.05, 3.63) is 46.5 Å². The van der Waals surface area contributed by atoms with E-state index in [1.165, 1.54) is 0 Å². The molecule has 0 spiro atoms. The van der Waals surface area contributed by atoms with E-state index in [-0.39, 0.29) is 16.6 Å². The largest absolute Gasteiger partial charge is 0.306 e. The summed E-state index contributed by atoms with van der Waals surface area (Å²) >= 11 is 0.